The SMILES string of the molecule is COc1ccc(OC)c(COC(=O)c2cnc(C)cn2)c1. The molecule has 0 aliphatic rings. The van der Waals surface area contributed by atoms with E-state index in [2.05, 4.69) is 9.97 Å². The molecular formula is C15H16N2O4. The van der Waals surface area contributed by atoms with Gasteiger partial charge >= 0.3 is 5.97 Å². The summed E-state index contributed by atoms with van der Waals surface area (Å²) in [6.07, 6.45) is 2.91. The van der Waals surface area contributed by atoms with Gasteiger partial charge in [-0.15, -0.1) is 0 Å². The van der Waals surface area contributed by atoms with Crippen LogP contribution in [-0.2, 0) is 11.3 Å². The van der Waals surface area contributed by atoms with Crippen LogP contribution in [0.5, 0.6) is 11.5 Å². The van der Waals surface area contributed by atoms with Crippen LogP contribution >= 0.6 is 0 Å². The van der Waals surface area contributed by atoms with Crippen molar-refractivity contribution in [3.8, 4) is 11.5 Å². The molecule has 0 aliphatic carbocycles. The minimum Gasteiger partial charge on any atom is -0.497 e. The molecule has 0 bridgehead atoms. The van der Waals surface area contributed by atoms with Gasteiger partial charge in [0.1, 0.15) is 18.1 Å². The lowest BCUT2D eigenvalue weighted by Gasteiger charge is -2.10. The number of nitrogens with zero attached hydrogens (tertiary/aromatic N) is 2. The highest BCUT2D eigenvalue weighted by atomic mass is 16.5. The number of esters is 1. The van der Waals surface area contributed by atoms with Gasteiger partial charge in [-0.1, -0.05) is 0 Å². The van der Waals surface area contributed by atoms with Crippen molar-refractivity contribution in [2.75, 3.05) is 14.2 Å². The van der Waals surface area contributed by atoms with E-state index >= 15 is 0 Å². The van der Waals surface area contributed by atoms with Crippen molar-refractivity contribution in [1.29, 1.82) is 0 Å². The first-order chi connectivity index (χ1) is 10.1. The van der Waals surface area contributed by atoms with Crippen LogP contribution in [0.3, 0.4) is 0 Å². The topological polar surface area (TPSA) is 70.5 Å². The summed E-state index contributed by atoms with van der Waals surface area (Å²) in [6.45, 7) is 1.86. The molecule has 0 unspecified atom stereocenters. The van der Waals surface area contributed by atoms with Crippen LogP contribution in [0.2, 0.25) is 0 Å². The van der Waals surface area contributed by atoms with Crippen LogP contribution in [0.1, 0.15) is 21.7 Å². The lowest BCUT2D eigenvalue weighted by Crippen LogP contribution is -2.09. The number of ether oxygens (including phenoxy) is 3. The summed E-state index contributed by atoms with van der Waals surface area (Å²) >= 11 is 0. The van der Waals surface area contributed by atoms with Crippen molar-refractivity contribution < 1.29 is 19.0 Å². The number of carbonyl (C=O) groups is 1. The van der Waals surface area contributed by atoms with Crippen LogP contribution in [-0.4, -0.2) is 30.2 Å². The van der Waals surface area contributed by atoms with E-state index in [-0.39, 0.29) is 12.3 Å². The van der Waals surface area contributed by atoms with Crippen LogP contribution in [0.25, 0.3) is 0 Å². The maximum atomic E-state index is 11.9. The average molecular weight is 288 g/mol. The van der Waals surface area contributed by atoms with Gasteiger partial charge in [-0.2, -0.15) is 0 Å². The number of methoxy groups -OCH3 is 2. The Morgan fingerprint density at radius 2 is 1.95 bits per heavy atom. The quantitative estimate of drug-likeness (QED) is 0.785. The highest BCUT2D eigenvalue weighted by Crippen LogP contribution is 2.24. The predicted molar refractivity (Wildman–Crippen MR) is 75.4 cm³/mol. The smallest absolute Gasteiger partial charge is 0.358 e. The molecular weight excluding hydrogens is 272 g/mol. The molecule has 0 atom stereocenters. The highest BCUT2D eigenvalue weighted by molar-refractivity contribution is 5.86. The van der Waals surface area contributed by atoms with E-state index in [1.165, 1.54) is 12.4 Å². The molecule has 0 spiro atoms. The molecule has 6 heteroatoms. The largest absolute Gasteiger partial charge is 0.497 e. The molecule has 110 valence electrons. The van der Waals surface area contributed by atoms with Crippen LogP contribution in [0, 0.1) is 6.92 Å². The van der Waals surface area contributed by atoms with E-state index in [1.54, 1.807) is 39.3 Å². The normalized spacial score (nSPS) is 10.0. The second kappa shape index (κ2) is 6.69. The van der Waals surface area contributed by atoms with Gasteiger partial charge < -0.3 is 14.2 Å². The number of benzene rings is 1. The molecule has 2 aromatic rings. The zero-order valence-corrected chi connectivity index (χ0v) is 12.1. The molecule has 21 heavy (non-hydrogen) atoms. The summed E-state index contributed by atoms with van der Waals surface area (Å²) in [4.78, 5) is 19.9. The lowest BCUT2D eigenvalue weighted by molar-refractivity contribution is 0.0462. The zero-order valence-electron chi connectivity index (χ0n) is 12.1. The number of aryl methyl sites for hydroxylation is 1. The molecule has 6 nitrogen and oxygen atoms in total. The summed E-state index contributed by atoms with van der Waals surface area (Å²) < 4.78 is 15.6. The molecule has 0 N–H and O–H groups in total. The third kappa shape index (κ3) is 3.68. The van der Waals surface area contributed by atoms with Crippen LogP contribution in [0.4, 0.5) is 0 Å². The number of aromatic nitrogens is 2. The molecule has 1 aromatic carbocycles. The summed E-state index contributed by atoms with van der Waals surface area (Å²) in [7, 11) is 3.12. The van der Waals surface area contributed by atoms with Gasteiger partial charge in [-0.25, -0.2) is 9.78 Å². The predicted octanol–water partition coefficient (Wildman–Crippen LogP) is 2.16. The Morgan fingerprint density at radius 3 is 2.57 bits per heavy atom. The number of rotatable bonds is 5. The van der Waals surface area contributed by atoms with Crippen molar-refractivity contribution in [3.05, 3.63) is 47.5 Å². The molecule has 2 rings (SSSR count). The minimum atomic E-state index is -0.535. The van der Waals surface area contributed by atoms with Gasteiger partial charge in [0.15, 0.2) is 5.69 Å². The van der Waals surface area contributed by atoms with Gasteiger partial charge in [0.05, 0.1) is 26.1 Å². The van der Waals surface area contributed by atoms with E-state index in [0.717, 1.165) is 5.69 Å². The van der Waals surface area contributed by atoms with Crippen LogP contribution in [0.15, 0.2) is 30.6 Å². The zero-order chi connectivity index (χ0) is 15.2. The summed E-state index contributed by atoms with van der Waals surface area (Å²) in [6, 6.07) is 5.29. The van der Waals surface area contributed by atoms with Gasteiger partial charge in [-0.3, -0.25) is 4.98 Å². The molecule has 0 fully saturated rings. The Balaban J connectivity index is 2.08. The lowest BCUT2D eigenvalue weighted by atomic mass is 10.2. The second-order valence-electron chi connectivity index (χ2n) is 4.30. The molecule has 0 radical (unpaired) electrons. The Labute approximate surface area is 122 Å². The van der Waals surface area contributed by atoms with Crippen molar-refractivity contribution in [2.45, 2.75) is 13.5 Å². The van der Waals surface area contributed by atoms with Gasteiger partial charge in [0.25, 0.3) is 0 Å². The molecule has 0 saturated heterocycles. The van der Waals surface area contributed by atoms with E-state index < -0.39 is 5.97 Å². The monoisotopic (exact) mass is 288 g/mol. The number of hydrogen-bond acceptors (Lipinski definition) is 6. The summed E-state index contributed by atoms with van der Waals surface area (Å²) in [5, 5.41) is 0. The maximum Gasteiger partial charge on any atom is 0.358 e. The van der Waals surface area contributed by atoms with Crippen molar-refractivity contribution in [3.63, 3.8) is 0 Å². The van der Waals surface area contributed by atoms with Crippen LogP contribution < -0.4 is 9.47 Å². The summed E-state index contributed by atoms with van der Waals surface area (Å²) in [5.74, 6) is 0.753. The van der Waals surface area contributed by atoms with E-state index in [1.807, 2.05) is 0 Å². The van der Waals surface area contributed by atoms with E-state index in [4.69, 9.17) is 14.2 Å². The van der Waals surface area contributed by atoms with Crippen molar-refractivity contribution in [1.82, 2.24) is 9.97 Å². The summed E-state index contributed by atoms with van der Waals surface area (Å²) in [5.41, 5.74) is 1.62. The molecule has 0 aliphatic heterocycles. The van der Waals surface area contributed by atoms with Gasteiger partial charge in [0.2, 0.25) is 0 Å². The number of hydrogen-bond donors (Lipinski definition) is 0. The molecule has 1 aromatic heterocycles. The van der Waals surface area contributed by atoms with Gasteiger partial charge in [0, 0.05) is 11.8 Å². The third-order valence-electron chi connectivity index (χ3n) is 2.84. The van der Waals surface area contributed by atoms with E-state index in [0.29, 0.717) is 17.1 Å². The fraction of sp³-hybridized carbons (Fsp3) is 0.267. The molecule has 0 saturated carbocycles. The third-order valence-corrected chi connectivity index (χ3v) is 2.84. The van der Waals surface area contributed by atoms with Crippen molar-refractivity contribution >= 4 is 5.97 Å². The first-order valence-corrected chi connectivity index (χ1v) is 6.30. The van der Waals surface area contributed by atoms with Crippen molar-refractivity contribution in [2.24, 2.45) is 0 Å². The Kier molecular flexibility index (Phi) is 4.71. The van der Waals surface area contributed by atoms with E-state index in [9.17, 15) is 4.79 Å². The Bertz CT molecular complexity index is 626. The maximum absolute atomic E-state index is 11.9. The highest BCUT2D eigenvalue weighted by Gasteiger charge is 2.12. The minimum absolute atomic E-state index is 0.0642. The first kappa shape index (κ1) is 14.8. The second-order valence-corrected chi connectivity index (χ2v) is 4.30. The Morgan fingerprint density at radius 1 is 1.14 bits per heavy atom. The fourth-order valence-corrected chi connectivity index (χ4v) is 1.71. The molecule has 0 amide bonds. The molecule has 1 heterocycles. The average Bonchev–Trinajstić information content (AvgIpc) is 2.52. The fourth-order valence-electron chi connectivity index (χ4n) is 1.71. The van der Waals surface area contributed by atoms with Gasteiger partial charge in [-0.05, 0) is 25.1 Å². The standard InChI is InChI=1S/C15H16N2O4/c1-10-7-17-13(8-16-10)15(18)21-9-11-6-12(19-2)4-5-14(11)20-3/h4-8H,9H2,1-3H3. The number of carbonyl (C=O) groups excluding carboxylic acids is 1. The Hall–Kier alpha value is -2.63. The first-order valence-electron chi connectivity index (χ1n) is 6.30.